The van der Waals surface area contributed by atoms with Gasteiger partial charge in [-0.05, 0) is 93.3 Å². The number of likely N-dealkylation sites (N-methyl/N-ethyl adjacent to an activating group) is 2. The van der Waals surface area contributed by atoms with Crippen LogP contribution in [-0.2, 0) is 9.59 Å². The van der Waals surface area contributed by atoms with Crippen molar-refractivity contribution in [2.75, 3.05) is 41.3 Å². The molecule has 2 saturated heterocycles. The summed E-state index contributed by atoms with van der Waals surface area (Å²) in [5.41, 5.74) is 8.03. The molecule has 2 fully saturated rings. The predicted molar refractivity (Wildman–Crippen MR) is 218 cm³/mol. The first-order valence-electron chi connectivity index (χ1n) is 19.5. The molecule has 6 aromatic rings. The van der Waals surface area contributed by atoms with Crippen LogP contribution in [0, 0.1) is 0 Å². The minimum atomic E-state index is -0.404. The van der Waals surface area contributed by atoms with E-state index in [-0.39, 0.29) is 29.9 Å². The standard InChI is InChI=1S/C45H49N9O2/c1-51(2)40(34-11-6-5-7-12-34)44(55)53-25-9-14-38(53)42-47-28-36(49-42)32-20-16-30(17-21-32)31-18-22-33(23-19-31)37-29-48-43(50-37)39-15-10-26-54(39)45(56)41(52(3)4)35-13-8-24-46-27-35/h5-8,11-13,16-24,27-29,38-41H,9-10,14-15,25-26H2,1-4H3,(H,47,49)(H,48,50)/t38-,39-,40+,41?/m0/s1. The lowest BCUT2D eigenvalue weighted by Gasteiger charge is -2.31. The average molecular weight is 748 g/mol. The molecule has 0 bridgehead atoms. The Labute approximate surface area is 328 Å². The van der Waals surface area contributed by atoms with E-state index >= 15 is 0 Å². The first kappa shape index (κ1) is 37.0. The quantitative estimate of drug-likeness (QED) is 0.141. The molecule has 11 heteroatoms. The van der Waals surface area contributed by atoms with Gasteiger partial charge in [-0.15, -0.1) is 0 Å². The highest BCUT2D eigenvalue weighted by Crippen LogP contribution is 2.37. The van der Waals surface area contributed by atoms with Crippen molar-refractivity contribution in [1.29, 1.82) is 0 Å². The van der Waals surface area contributed by atoms with Crippen LogP contribution in [0.2, 0.25) is 0 Å². The Morgan fingerprint density at radius 1 is 0.589 bits per heavy atom. The second-order valence-corrected chi connectivity index (χ2v) is 15.3. The van der Waals surface area contributed by atoms with Crippen molar-refractivity contribution in [2.45, 2.75) is 49.9 Å². The Hall–Kier alpha value is -5.91. The van der Waals surface area contributed by atoms with E-state index in [1.807, 2.05) is 103 Å². The number of H-pyrrole nitrogens is 2. The zero-order chi connectivity index (χ0) is 38.8. The number of carbonyl (C=O) groups excluding carboxylic acids is 2. The summed E-state index contributed by atoms with van der Waals surface area (Å²) in [6.07, 6.45) is 10.9. The van der Waals surface area contributed by atoms with Crippen LogP contribution in [0.3, 0.4) is 0 Å². The topological polar surface area (TPSA) is 117 Å². The maximum Gasteiger partial charge on any atom is 0.245 e. The Morgan fingerprint density at radius 2 is 1.04 bits per heavy atom. The summed E-state index contributed by atoms with van der Waals surface area (Å²) in [5, 5.41) is 0. The number of rotatable bonds is 11. The molecule has 0 spiro atoms. The zero-order valence-electron chi connectivity index (χ0n) is 32.5. The van der Waals surface area contributed by atoms with Crippen molar-refractivity contribution in [3.63, 3.8) is 0 Å². The summed E-state index contributed by atoms with van der Waals surface area (Å²) in [5.74, 6) is 1.81. The second kappa shape index (κ2) is 16.1. The van der Waals surface area contributed by atoms with E-state index < -0.39 is 6.04 Å². The van der Waals surface area contributed by atoms with E-state index in [1.165, 1.54) is 0 Å². The molecule has 8 rings (SSSR count). The predicted octanol–water partition coefficient (Wildman–Crippen LogP) is 7.46. The first-order chi connectivity index (χ1) is 27.3. The van der Waals surface area contributed by atoms with Crippen molar-refractivity contribution in [1.82, 2.24) is 44.5 Å². The van der Waals surface area contributed by atoms with Gasteiger partial charge in [-0.25, -0.2) is 9.97 Å². The second-order valence-electron chi connectivity index (χ2n) is 15.3. The Bertz CT molecular complexity index is 2090. The van der Waals surface area contributed by atoms with Crippen LogP contribution >= 0.6 is 0 Å². The summed E-state index contributed by atoms with van der Waals surface area (Å²) in [7, 11) is 7.78. The van der Waals surface area contributed by atoms with Crippen molar-refractivity contribution in [3.05, 3.63) is 139 Å². The molecule has 286 valence electrons. The van der Waals surface area contributed by atoms with Crippen LogP contribution in [0.1, 0.15) is 72.6 Å². The number of aromatic amines is 2. The number of likely N-dealkylation sites (tertiary alicyclic amines) is 2. The number of imidazole rings is 2. The molecule has 11 nitrogen and oxygen atoms in total. The van der Waals surface area contributed by atoms with Gasteiger partial charge in [0.25, 0.3) is 0 Å². The molecule has 3 aromatic carbocycles. The van der Waals surface area contributed by atoms with Crippen molar-refractivity contribution in [2.24, 2.45) is 0 Å². The van der Waals surface area contributed by atoms with Gasteiger partial charge in [0.1, 0.15) is 23.7 Å². The molecular formula is C45H49N9O2. The minimum Gasteiger partial charge on any atom is -0.340 e. The van der Waals surface area contributed by atoms with E-state index in [9.17, 15) is 9.59 Å². The summed E-state index contributed by atoms with van der Waals surface area (Å²) >= 11 is 0. The van der Waals surface area contributed by atoms with Gasteiger partial charge in [-0.3, -0.25) is 24.4 Å². The number of pyridine rings is 1. The van der Waals surface area contributed by atoms with Crippen molar-refractivity contribution in [3.8, 4) is 33.6 Å². The lowest BCUT2D eigenvalue weighted by molar-refractivity contribution is -0.138. The number of hydrogen-bond acceptors (Lipinski definition) is 7. The molecule has 1 unspecified atom stereocenters. The largest absolute Gasteiger partial charge is 0.340 e. The molecule has 56 heavy (non-hydrogen) atoms. The third kappa shape index (κ3) is 7.39. The van der Waals surface area contributed by atoms with Gasteiger partial charge in [0.2, 0.25) is 11.8 Å². The number of carbonyl (C=O) groups is 2. The number of nitrogens with one attached hydrogen (secondary N) is 2. The molecule has 2 aliphatic rings. The van der Waals surface area contributed by atoms with Crippen LogP contribution in [0.4, 0.5) is 0 Å². The number of hydrogen-bond donors (Lipinski definition) is 2. The summed E-state index contributed by atoms with van der Waals surface area (Å²) in [6, 6.07) is 29.8. The van der Waals surface area contributed by atoms with Gasteiger partial charge in [0.05, 0.1) is 35.9 Å². The van der Waals surface area contributed by atoms with Gasteiger partial charge in [0.15, 0.2) is 0 Å². The number of nitrogens with zero attached hydrogens (tertiary/aromatic N) is 7. The summed E-state index contributed by atoms with van der Waals surface area (Å²) < 4.78 is 0. The lowest BCUT2D eigenvalue weighted by Crippen LogP contribution is -2.40. The Morgan fingerprint density at radius 3 is 1.48 bits per heavy atom. The molecule has 0 saturated carbocycles. The van der Waals surface area contributed by atoms with Gasteiger partial charge < -0.3 is 19.8 Å². The van der Waals surface area contributed by atoms with Crippen LogP contribution in [0.25, 0.3) is 33.6 Å². The van der Waals surface area contributed by atoms with Crippen LogP contribution in [-0.4, -0.2) is 97.6 Å². The Balaban J connectivity index is 0.930. The van der Waals surface area contributed by atoms with Crippen LogP contribution in [0.15, 0.2) is 116 Å². The van der Waals surface area contributed by atoms with Gasteiger partial charge in [0, 0.05) is 25.5 Å². The Kier molecular flexibility index (Phi) is 10.6. The third-order valence-corrected chi connectivity index (χ3v) is 11.2. The highest BCUT2D eigenvalue weighted by molar-refractivity contribution is 5.84. The van der Waals surface area contributed by atoms with Gasteiger partial charge >= 0.3 is 0 Å². The normalized spacial score (nSPS) is 18.2. The molecule has 0 radical (unpaired) electrons. The highest BCUT2D eigenvalue weighted by atomic mass is 16.2. The van der Waals surface area contributed by atoms with Crippen LogP contribution < -0.4 is 0 Å². The SMILES string of the molecule is CN(C)C(C(=O)N1CCC[C@H]1c1ncc(-c2ccc(-c3ccc(-c4cnc([C@@H]5CCCN5C(=O)[C@@H](c5ccccc5)N(C)C)[nH]4)cc3)cc2)[nH]1)c1cccnc1. The van der Waals surface area contributed by atoms with E-state index in [2.05, 4.69) is 63.5 Å². The monoisotopic (exact) mass is 747 g/mol. The van der Waals surface area contributed by atoms with Crippen molar-refractivity contribution < 1.29 is 9.59 Å². The maximum absolute atomic E-state index is 13.9. The average Bonchev–Trinajstić information content (AvgIpc) is 4.06. The fraction of sp³-hybridized carbons (Fsp3) is 0.311. The van der Waals surface area contributed by atoms with E-state index in [0.29, 0.717) is 6.54 Å². The molecule has 2 amide bonds. The number of benzene rings is 3. The van der Waals surface area contributed by atoms with E-state index in [0.717, 1.165) is 88.6 Å². The van der Waals surface area contributed by atoms with Crippen molar-refractivity contribution >= 4 is 11.8 Å². The van der Waals surface area contributed by atoms with Crippen LogP contribution in [0.5, 0.6) is 0 Å². The molecule has 0 aliphatic carbocycles. The number of amides is 2. The fourth-order valence-corrected chi connectivity index (χ4v) is 8.43. The lowest BCUT2D eigenvalue weighted by atomic mass is 10.0. The fourth-order valence-electron chi connectivity index (χ4n) is 8.43. The van der Waals surface area contributed by atoms with Gasteiger partial charge in [-0.1, -0.05) is 84.9 Å². The molecule has 3 aromatic heterocycles. The smallest absolute Gasteiger partial charge is 0.245 e. The first-order valence-corrected chi connectivity index (χ1v) is 19.5. The highest BCUT2D eigenvalue weighted by Gasteiger charge is 2.38. The number of aromatic nitrogens is 5. The van der Waals surface area contributed by atoms with E-state index in [1.54, 1.807) is 12.4 Å². The molecular weight excluding hydrogens is 699 g/mol. The minimum absolute atomic E-state index is 0.0663. The molecule has 4 atom stereocenters. The molecule has 2 aliphatic heterocycles. The summed E-state index contributed by atoms with van der Waals surface area (Å²) in [6.45, 7) is 1.42. The maximum atomic E-state index is 13.9. The van der Waals surface area contributed by atoms with E-state index in [4.69, 9.17) is 9.97 Å². The molecule has 5 heterocycles. The zero-order valence-corrected chi connectivity index (χ0v) is 32.5. The molecule has 2 N–H and O–H groups in total. The summed E-state index contributed by atoms with van der Waals surface area (Å²) in [4.78, 5) is 56.6. The third-order valence-electron chi connectivity index (χ3n) is 11.2. The van der Waals surface area contributed by atoms with Gasteiger partial charge in [-0.2, -0.15) is 0 Å².